The Morgan fingerprint density at radius 2 is 2.00 bits per heavy atom. The molecule has 19 heavy (non-hydrogen) atoms. The van der Waals surface area contributed by atoms with Gasteiger partial charge in [-0.3, -0.25) is 4.79 Å². The first kappa shape index (κ1) is 13.9. The lowest BCUT2D eigenvalue weighted by molar-refractivity contribution is -0.119. The molecule has 0 saturated heterocycles. The highest BCUT2D eigenvalue weighted by molar-refractivity contribution is 5.91. The average Bonchev–Trinajstić information content (AvgIpc) is 2.30. The van der Waals surface area contributed by atoms with Gasteiger partial charge >= 0.3 is 0 Å². The first-order chi connectivity index (χ1) is 8.96. The van der Waals surface area contributed by atoms with Crippen LogP contribution in [0.2, 0.25) is 0 Å². The van der Waals surface area contributed by atoms with Gasteiger partial charge in [0.05, 0.1) is 5.69 Å². The van der Waals surface area contributed by atoms with Crippen molar-refractivity contribution in [3.63, 3.8) is 0 Å². The molecule has 1 fully saturated rings. The summed E-state index contributed by atoms with van der Waals surface area (Å²) in [5.41, 5.74) is 4.89. The molecular formula is C13H15F3N2O. The van der Waals surface area contributed by atoms with Gasteiger partial charge in [0.15, 0.2) is 11.6 Å². The first-order valence-electron chi connectivity index (χ1n) is 6.10. The highest BCUT2D eigenvalue weighted by atomic mass is 19.2. The zero-order chi connectivity index (χ0) is 14.0. The maximum atomic E-state index is 13.4. The minimum atomic E-state index is -1.33. The van der Waals surface area contributed by atoms with Crippen LogP contribution in [0.25, 0.3) is 0 Å². The van der Waals surface area contributed by atoms with Gasteiger partial charge in [0.1, 0.15) is 5.82 Å². The third-order valence-corrected chi connectivity index (χ3v) is 3.65. The van der Waals surface area contributed by atoms with Gasteiger partial charge in [-0.05, 0) is 24.8 Å². The van der Waals surface area contributed by atoms with Crippen LogP contribution in [0.5, 0.6) is 0 Å². The van der Waals surface area contributed by atoms with E-state index < -0.39 is 29.0 Å². The molecule has 2 rings (SSSR count). The summed E-state index contributed by atoms with van der Waals surface area (Å²) in [5.74, 6) is -4.00. The highest BCUT2D eigenvalue weighted by Gasteiger charge is 2.37. The molecule has 0 bridgehead atoms. The van der Waals surface area contributed by atoms with Crippen LogP contribution < -0.4 is 11.1 Å². The Bertz CT molecular complexity index is 495. The number of nitrogens with one attached hydrogen (secondary N) is 1. The fraction of sp³-hybridized carbons (Fsp3) is 0.462. The van der Waals surface area contributed by atoms with E-state index in [2.05, 4.69) is 5.32 Å². The van der Waals surface area contributed by atoms with Gasteiger partial charge in [0.2, 0.25) is 5.91 Å². The van der Waals surface area contributed by atoms with Crippen LogP contribution in [-0.2, 0) is 4.79 Å². The smallest absolute Gasteiger partial charge is 0.225 e. The molecule has 0 atom stereocenters. The van der Waals surface area contributed by atoms with E-state index in [0.29, 0.717) is 12.6 Å². The third-order valence-electron chi connectivity index (χ3n) is 3.65. The lowest BCUT2D eigenvalue weighted by atomic mass is 9.66. The summed E-state index contributed by atoms with van der Waals surface area (Å²) in [4.78, 5) is 11.8. The first-order valence-corrected chi connectivity index (χ1v) is 6.10. The second-order valence-corrected chi connectivity index (χ2v) is 5.03. The third kappa shape index (κ3) is 2.89. The maximum absolute atomic E-state index is 13.4. The van der Waals surface area contributed by atoms with E-state index in [1.807, 2.05) is 0 Å². The van der Waals surface area contributed by atoms with Gasteiger partial charge in [-0.1, -0.05) is 6.42 Å². The van der Waals surface area contributed by atoms with Crippen molar-refractivity contribution in [2.24, 2.45) is 11.1 Å². The summed E-state index contributed by atoms with van der Waals surface area (Å²) >= 11 is 0. The Morgan fingerprint density at radius 3 is 2.53 bits per heavy atom. The molecule has 1 amide bonds. The molecule has 104 valence electrons. The van der Waals surface area contributed by atoms with Crippen molar-refractivity contribution >= 4 is 11.6 Å². The lowest BCUT2D eigenvalue weighted by Crippen LogP contribution is -2.40. The van der Waals surface area contributed by atoms with E-state index in [9.17, 15) is 18.0 Å². The number of hydrogen-bond acceptors (Lipinski definition) is 2. The Balaban J connectivity index is 2.07. The largest absolute Gasteiger partial charge is 0.330 e. The van der Waals surface area contributed by atoms with Crippen molar-refractivity contribution in [1.29, 1.82) is 0 Å². The molecule has 1 aliphatic carbocycles. The predicted octanol–water partition coefficient (Wildman–Crippen LogP) is 2.56. The van der Waals surface area contributed by atoms with Crippen molar-refractivity contribution in [2.75, 3.05) is 11.9 Å². The van der Waals surface area contributed by atoms with E-state index in [-0.39, 0.29) is 11.8 Å². The van der Waals surface area contributed by atoms with Crippen LogP contribution in [0.1, 0.15) is 25.7 Å². The molecule has 0 spiro atoms. The van der Waals surface area contributed by atoms with Crippen molar-refractivity contribution < 1.29 is 18.0 Å². The van der Waals surface area contributed by atoms with Gasteiger partial charge in [-0.2, -0.15) is 0 Å². The zero-order valence-electron chi connectivity index (χ0n) is 10.3. The zero-order valence-corrected chi connectivity index (χ0v) is 10.3. The van der Waals surface area contributed by atoms with Crippen LogP contribution >= 0.6 is 0 Å². The molecule has 6 heteroatoms. The number of carbonyl (C=O) groups excluding carboxylic acids is 1. The molecular weight excluding hydrogens is 257 g/mol. The van der Waals surface area contributed by atoms with Crippen molar-refractivity contribution in [3.8, 4) is 0 Å². The summed E-state index contributed by atoms with van der Waals surface area (Å²) in [6.07, 6.45) is 2.84. The molecule has 0 heterocycles. The van der Waals surface area contributed by atoms with E-state index in [4.69, 9.17) is 5.73 Å². The van der Waals surface area contributed by atoms with Gasteiger partial charge in [-0.25, -0.2) is 13.2 Å². The number of rotatable bonds is 4. The predicted molar refractivity (Wildman–Crippen MR) is 64.9 cm³/mol. The van der Waals surface area contributed by atoms with Gasteiger partial charge in [0, 0.05) is 18.6 Å². The number of halogens is 3. The van der Waals surface area contributed by atoms with Crippen LogP contribution in [0.15, 0.2) is 12.1 Å². The summed E-state index contributed by atoms with van der Waals surface area (Å²) < 4.78 is 39.3. The molecule has 3 nitrogen and oxygen atoms in total. The molecule has 1 aliphatic rings. The minimum Gasteiger partial charge on any atom is -0.330 e. The molecule has 1 aromatic carbocycles. The van der Waals surface area contributed by atoms with E-state index >= 15 is 0 Å². The molecule has 0 unspecified atom stereocenters. The van der Waals surface area contributed by atoms with E-state index in [1.54, 1.807) is 0 Å². The fourth-order valence-electron chi connectivity index (χ4n) is 2.31. The lowest BCUT2D eigenvalue weighted by Gasteiger charge is -2.40. The van der Waals surface area contributed by atoms with Crippen LogP contribution in [-0.4, -0.2) is 12.5 Å². The Hall–Kier alpha value is -1.56. The van der Waals surface area contributed by atoms with Crippen molar-refractivity contribution in [3.05, 3.63) is 29.6 Å². The van der Waals surface area contributed by atoms with Crippen molar-refractivity contribution in [1.82, 2.24) is 0 Å². The van der Waals surface area contributed by atoms with Gasteiger partial charge < -0.3 is 11.1 Å². The number of carbonyl (C=O) groups is 1. The van der Waals surface area contributed by atoms with Crippen LogP contribution in [0.4, 0.5) is 18.9 Å². The summed E-state index contributed by atoms with van der Waals surface area (Å²) in [6, 6.07) is 1.19. The fourth-order valence-corrected chi connectivity index (χ4v) is 2.31. The summed E-state index contributed by atoms with van der Waals surface area (Å²) in [7, 11) is 0. The highest BCUT2D eigenvalue weighted by Crippen LogP contribution is 2.43. The molecule has 0 aliphatic heterocycles. The van der Waals surface area contributed by atoms with Crippen LogP contribution in [0.3, 0.4) is 0 Å². The Labute approximate surface area is 109 Å². The molecule has 0 radical (unpaired) electrons. The standard InChI is InChI=1S/C13H15F3N2O/c14-8-4-9(15)12(16)10(5-8)18-11(19)6-13(7-17)2-1-3-13/h4-5H,1-3,6-7,17H2,(H,18,19). The van der Waals surface area contributed by atoms with E-state index in [1.165, 1.54) is 0 Å². The van der Waals surface area contributed by atoms with E-state index in [0.717, 1.165) is 25.3 Å². The maximum Gasteiger partial charge on any atom is 0.225 e. The average molecular weight is 272 g/mol. The summed E-state index contributed by atoms with van der Waals surface area (Å²) in [5, 5.41) is 2.20. The molecule has 0 aromatic heterocycles. The number of amides is 1. The number of hydrogen-bond donors (Lipinski definition) is 2. The minimum absolute atomic E-state index is 0.140. The second-order valence-electron chi connectivity index (χ2n) is 5.03. The molecule has 3 N–H and O–H groups in total. The monoisotopic (exact) mass is 272 g/mol. The number of anilines is 1. The summed E-state index contributed by atoms with van der Waals surface area (Å²) in [6.45, 7) is 0.375. The Morgan fingerprint density at radius 1 is 1.32 bits per heavy atom. The second kappa shape index (κ2) is 5.21. The number of benzene rings is 1. The molecule has 1 saturated carbocycles. The van der Waals surface area contributed by atoms with Gasteiger partial charge in [-0.15, -0.1) is 0 Å². The SMILES string of the molecule is NCC1(CC(=O)Nc2cc(F)cc(F)c2F)CCC1. The topological polar surface area (TPSA) is 55.1 Å². The number of nitrogens with two attached hydrogens (primary N) is 1. The van der Waals surface area contributed by atoms with Crippen LogP contribution in [0, 0.1) is 22.9 Å². The van der Waals surface area contributed by atoms with Gasteiger partial charge in [0.25, 0.3) is 0 Å². The Kier molecular flexibility index (Phi) is 3.80. The molecule has 1 aromatic rings. The normalized spacial score (nSPS) is 16.8. The van der Waals surface area contributed by atoms with Crippen molar-refractivity contribution in [2.45, 2.75) is 25.7 Å². The quantitative estimate of drug-likeness (QED) is 0.828.